The van der Waals surface area contributed by atoms with Gasteiger partial charge >= 0.3 is 0 Å². The van der Waals surface area contributed by atoms with E-state index in [0.717, 1.165) is 12.8 Å². The van der Waals surface area contributed by atoms with Gasteiger partial charge in [-0.15, -0.1) is 0 Å². The monoisotopic (exact) mass is 292 g/mol. The summed E-state index contributed by atoms with van der Waals surface area (Å²) in [6, 6.07) is 3.84. The van der Waals surface area contributed by atoms with Crippen LogP contribution in [0, 0.1) is 32.7 Å². The van der Waals surface area contributed by atoms with Gasteiger partial charge < -0.3 is 5.32 Å². The van der Waals surface area contributed by atoms with E-state index in [2.05, 4.69) is 26.1 Å². The van der Waals surface area contributed by atoms with Gasteiger partial charge in [-0.05, 0) is 42.1 Å². The maximum absolute atomic E-state index is 14.0. The molecular formula is C16H21FN2O2. The number of rotatable bonds is 3. The lowest BCUT2D eigenvalue weighted by atomic mass is 9.69. The number of nitrogens with zero attached hydrogens (tertiary/aromatic N) is 1. The summed E-state index contributed by atoms with van der Waals surface area (Å²) in [6.07, 6.45) is 3.35. The van der Waals surface area contributed by atoms with Gasteiger partial charge in [0.25, 0.3) is 5.69 Å². The van der Waals surface area contributed by atoms with Gasteiger partial charge in [0, 0.05) is 18.2 Å². The minimum absolute atomic E-state index is 0.0773. The highest BCUT2D eigenvalue weighted by molar-refractivity contribution is 5.53. The molecule has 0 aromatic heterocycles. The van der Waals surface area contributed by atoms with Crippen LogP contribution >= 0.6 is 0 Å². The molecule has 2 fully saturated rings. The molecule has 3 atom stereocenters. The van der Waals surface area contributed by atoms with E-state index in [-0.39, 0.29) is 28.2 Å². The number of nitro benzene ring substituents is 1. The van der Waals surface area contributed by atoms with Gasteiger partial charge in [0.15, 0.2) is 0 Å². The second-order valence-electron chi connectivity index (χ2n) is 7.23. The average molecular weight is 292 g/mol. The summed E-state index contributed by atoms with van der Waals surface area (Å²) in [7, 11) is 0. The fourth-order valence-electron chi connectivity index (χ4n) is 4.35. The fraction of sp³-hybridized carbons (Fsp3) is 0.625. The molecule has 114 valence electrons. The Bertz CT molecular complexity index is 602. The Kier molecular flexibility index (Phi) is 3.01. The Hall–Kier alpha value is -1.65. The number of halogens is 1. The first-order valence-corrected chi connectivity index (χ1v) is 7.46. The molecule has 3 unspecified atom stereocenters. The van der Waals surface area contributed by atoms with Gasteiger partial charge in [-0.1, -0.05) is 20.8 Å². The van der Waals surface area contributed by atoms with Crippen molar-refractivity contribution >= 4 is 11.4 Å². The standard InChI is InChI=1S/C16H21FN2O2/c1-15(2)10-6-7-16(15,3)14(8-10)18-13-9-11(19(20)21)4-5-12(13)17/h4-5,9-10,14,18H,6-8H2,1-3H3. The largest absolute Gasteiger partial charge is 0.379 e. The van der Waals surface area contributed by atoms with Crippen molar-refractivity contribution in [1.29, 1.82) is 0 Å². The van der Waals surface area contributed by atoms with Crippen molar-refractivity contribution < 1.29 is 9.31 Å². The molecule has 2 aliphatic carbocycles. The maximum atomic E-state index is 14.0. The highest BCUT2D eigenvalue weighted by Crippen LogP contribution is 2.65. The zero-order chi connectivity index (χ0) is 15.4. The molecule has 3 rings (SSSR count). The molecule has 1 aromatic rings. The van der Waals surface area contributed by atoms with Crippen molar-refractivity contribution in [3.8, 4) is 0 Å². The van der Waals surface area contributed by atoms with Crippen molar-refractivity contribution in [1.82, 2.24) is 0 Å². The molecule has 0 spiro atoms. The number of fused-ring (bicyclic) bond motifs is 2. The van der Waals surface area contributed by atoms with Crippen molar-refractivity contribution in [2.24, 2.45) is 16.7 Å². The van der Waals surface area contributed by atoms with E-state index in [9.17, 15) is 14.5 Å². The average Bonchev–Trinajstić information content (AvgIpc) is 2.74. The van der Waals surface area contributed by atoms with Crippen LogP contribution in [0.15, 0.2) is 18.2 Å². The van der Waals surface area contributed by atoms with Crippen LogP contribution in [0.2, 0.25) is 0 Å². The first kappa shape index (κ1) is 14.3. The number of non-ortho nitro benzene ring substituents is 1. The van der Waals surface area contributed by atoms with Crippen LogP contribution < -0.4 is 5.32 Å². The topological polar surface area (TPSA) is 55.2 Å². The Morgan fingerprint density at radius 2 is 2.10 bits per heavy atom. The van der Waals surface area contributed by atoms with Crippen LogP contribution in [0.25, 0.3) is 0 Å². The number of hydrogen-bond donors (Lipinski definition) is 1. The van der Waals surface area contributed by atoms with Crippen molar-refractivity contribution in [2.45, 2.75) is 46.1 Å². The van der Waals surface area contributed by atoms with Crippen molar-refractivity contribution in [3.05, 3.63) is 34.1 Å². The van der Waals surface area contributed by atoms with Crippen molar-refractivity contribution in [2.75, 3.05) is 5.32 Å². The summed E-state index contributed by atoms with van der Waals surface area (Å²) in [5.74, 6) is 0.214. The zero-order valence-electron chi connectivity index (χ0n) is 12.6. The summed E-state index contributed by atoms with van der Waals surface area (Å²) < 4.78 is 14.0. The fourth-order valence-corrected chi connectivity index (χ4v) is 4.35. The molecule has 2 bridgehead atoms. The van der Waals surface area contributed by atoms with Crippen molar-refractivity contribution in [3.63, 3.8) is 0 Å². The molecule has 1 aromatic carbocycles. The lowest BCUT2D eigenvalue weighted by molar-refractivity contribution is -0.384. The molecule has 5 heteroatoms. The van der Waals surface area contributed by atoms with Gasteiger partial charge in [-0.2, -0.15) is 0 Å². The number of nitro groups is 1. The zero-order valence-corrected chi connectivity index (χ0v) is 12.6. The van der Waals surface area contributed by atoms with E-state index < -0.39 is 10.7 Å². The molecule has 0 radical (unpaired) electrons. The molecule has 0 aliphatic heterocycles. The Balaban J connectivity index is 1.89. The van der Waals surface area contributed by atoms with E-state index in [0.29, 0.717) is 5.92 Å². The summed E-state index contributed by atoms with van der Waals surface area (Å²) in [5.41, 5.74) is 0.501. The van der Waals surface area contributed by atoms with Crippen LogP contribution in [0.1, 0.15) is 40.0 Å². The third-order valence-electron chi connectivity index (χ3n) is 6.28. The minimum Gasteiger partial charge on any atom is -0.379 e. The molecule has 0 saturated heterocycles. The van der Waals surface area contributed by atoms with Crippen LogP contribution in [0.5, 0.6) is 0 Å². The van der Waals surface area contributed by atoms with Gasteiger partial charge in [-0.25, -0.2) is 4.39 Å². The number of anilines is 1. The Labute approximate surface area is 123 Å². The highest BCUT2D eigenvalue weighted by atomic mass is 19.1. The van der Waals surface area contributed by atoms with Gasteiger partial charge in [0.1, 0.15) is 5.82 Å². The summed E-state index contributed by atoms with van der Waals surface area (Å²) in [5, 5.41) is 14.1. The molecule has 21 heavy (non-hydrogen) atoms. The molecule has 4 nitrogen and oxygen atoms in total. The second-order valence-corrected chi connectivity index (χ2v) is 7.23. The molecule has 1 N–H and O–H groups in total. The first-order chi connectivity index (χ1) is 9.75. The second kappa shape index (κ2) is 4.42. The predicted octanol–water partition coefficient (Wildman–Crippen LogP) is 4.36. The SMILES string of the molecule is CC1(C)C2CCC1(C)C(Nc1cc([N+](=O)[O-])ccc1F)C2. The summed E-state index contributed by atoms with van der Waals surface area (Å²) >= 11 is 0. The van der Waals surface area contributed by atoms with Crippen LogP contribution in [-0.4, -0.2) is 11.0 Å². The highest BCUT2D eigenvalue weighted by Gasteiger charge is 2.61. The molecular weight excluding hydrogens is 271 g/mol. The molecule has 2 saturated carbocycles. The molecule has 0 heterocycles. The lowest BCUT2D eigenvalue weighted by Crippen LogP contribution is -2.40. The Morgan fingerprint density at radius 1 is 1.38 bits per heavy atom. The van der Waals surface area contributed by atoms with Crippen LogP contribution in [0.3, 0.4) is 0 Å². The van der Waals surface area contributed by atoms with E-state index in [1.807, 2.05) is 0 Å². The first-order valence-electron chi connectivity index (χ1n) is 7.46. The van der Waals surface area contributed by atoms with Gasteiger partial charge in [-0.3, -0.25) is 10.1 Å². The Morgan fingerprint density at radius 3 is 2.62 bits per heavy atom. The third-order valence-corrected chi connectivity index (χ3v) is 6.28. The lowest BCUT2D eigenvalue weighted by Gasteiger charge is -2.39. The van der Waals surface area contributed by atoms with E-state index in [1.54, 1.807) is 0 Å². The maximum Gasteiger partial charge on any atom is 0.271 e. The summed E-state index contributed by atoms with van der Waals surface area (Å²) in [6.45, 7) is 6.83. The van der Waals surface area contributed by atoms with E-state index in [4.69, 9.17) is 0 Å². The van der Waals surface area contributed by atoms with Gasteiger partial charge in [0.2, 0.25) is 0 Å². The normalized spacial score (nSPS) is 33.1. The van der Waals surface area contributed by atoms with Gasteiger partial charge in [0.05, 0.1) is 10.6 Å². The molecule has 2 aliphatic rings. The summed E-state index contributed by atoms with van der Waals surface area (Å²) in [4.78, 5) is 10.4. The van der Waals surface area contributed by atoms with E-state index in [1.165, 1.54) is 24.6 Å². The number of hydrogen-bond acceptors (Lipinski definition) is 3. The minimum atomic E-state index is -0.489. The number of benzene rings is 1. The quantitative estimate of drug-likeness (QED) is 0.665. The van der Waals surface area contributed by atoms with Crippen LogP contribution in [0.4, 0.5) is 15.8 Å². The number of nitrogens with one attached hydrogen (secondary N) is 1. The van der Waals surface area contributed by atoms with E-state index >= 15 is 0 Å². The smallest absolute Gasteiger partial charge is 0.271 e. The molecule has 0 amide bonds. The third kappa shape index (κ3) is 1.93. The predicted molar refractivity (Wildman–Crippen MR) is 79.7 cm³/mol. The van der Waals surface area contributed by atoms with Crippen LogP contribution in [-0.2, 0) is 0 Å².